The quantitative estimate of drug-likeness (QED) is 0.797. The van der Waals surface area contributed by atoms with E-state index in [9.17, 15) is 4.79 Å². The maximum absolute atomic E-state index is 12.1. The molecule has 4 nitrogen and oxygen atoms in total. The third-order valence-electron chi connectivity index (χ3n) is 4.61. The van der Waals surface area contributed by atoms with Crippen LogP contribution in [0.3, 0.4) is 0 Å². The lowest BCUT2D eigenvalue weighted by Gasteiger charge is -2.39. The normalized spacial score (nSPS) is 23.8. The predicted molar refractivity (Wildman–Crippen MR) is 73.2 cm³/mol. The maximum Gasteiger partial charge on any atom is 0.222 e. The zero-order valence-corrected chi connectivity index (χ0v) is 11.6. The minimum absolute atomic E-state index is 0.375. The van der Waals surface area contributed by atoms with Crippen molar-refractivity contribution in [3.63, 3.8) is 0 Å². The Hall–Kier alpha value is -0.610. The number of hydrogen-bond acceptors (Lipinski definition) is 3. The summed E-state index contributed by atoms with van der Waals surface area (Å²) in [5.41, 5.74) is 5.78. The number of rotatable bonds is 5. The number of piperazine rings is 1. The highest BCUT2D eigenvalue weighted by Crippen LogP contribution is 2.30. The van der Waals surface area contributed by atoms with Gasteiger partial charge in [0, 0.05) is 45.2 Å². The fourth-order valence-electron chi connectivity index (χ4n) is 2.98. The molecule has 0 radical (unpaired) electrons. The van der Waals surface area contributed by atoms with Gasteiger partial charge in [-0.05, 0) is 25.2 Å². The van der Waals surface area contributed by atoms with Crippen LogP contribution in [0.15, 0.2) is 0 Å². The molecule has 0 aromatic rings. The van der Waals surface area contributed by atoms with Crippen LogP contribution in [0.1, 0.15) is 39.0 Å². The molecule has 1 saturated heterocycles. The molecule has 2 rings (SSSR count). The third kappa shape index (κ3) is 3.23. The average Bonchev–Trinajstić information content (AvgIpc) is 2.36. The first kappa shape index (κ1) is 13.8. The molecule has 1 unspecified atom stereocenters. The molecule has 1 heterocycles. The van der Waals surface area contributed by atoms with Crippen LogP contribution in [-0.2, 0) is 4.79 Å². The maximum atomic E-state index is 12.1. The van der Waals surface area contributed by atoms with E-state index in [-0.39, 0.29) is 0 Å². The molecule has 1 saturated carbocycles. The lowest BCUT2D eigenvalue weighted by atomic mass is 9.82. The zero-order valence-electron chi connectivity index (χ0n) is 11.6. The smallest absolute Gasteiger partial charge is 0.222 e. The topological polar surface area (TPSA) is 49.6 Å². The third-order valence-corrected chi connectivity index (χ3v) is 4.61. The van der Waals surface area contributed by atoms with Crippen molar-refractivity contribution in [3.05, 3.63) is 0 Å². The molecule has 1 aliphatic heterocycles. The van der Waals surface area contributed by atoms with E-state index in [0.29, 0.717) is 17.9 Å². The van der Waals surface area contributed by atoms with Gasteiger partial charge >= 0.3 is 0 Å². The van der Waals surface area contributed by atoms with Crippen LogP contribution in [0.4, 0.5) is 0 Å². The fraction of sp³-hybridized carbons (Fsp3) is 0.929. The van der Waals surface area contributed by atoms with Gasteiger partial charge in [0.1, 0.15) is 0 Å². The van der Waals surface area contributed by atoms with Crippen molar-refractivity contribution in [1.29, 1.82) is 0 Å². The number of hydrogen-bond donors (Lipinski definition) is 1. The molecule has 2 N–H and O–H groups in total. The molecule has 18 heavy (non-hydrogen) atoms. The monoisotopic (exact) mass is 253 g/mol. The van der Waals surface area contributed by atoms with Gasteiger partial charge in [0.2, 0.25) is 5.91 Å². The SMILES string of the molecule is CCC(CN)N1CCN(C(=O)CC2CCC2)CC1. The predicted octanol–water partition coefficient (Wildman–Crippen LogP) is 1.06. The van der Waals surface area contributed by atoms with E-state index < -0.39 is 0 Å². The highest BCUT2D eigenvalue weighted by molar-refractivity contribution is 5.76. The van der Waals surface area contributed by atoms with Crippen molar-refractivity contribution in [1.82, 2.24) is 9.80 Å². The first-order valence-electron chi connectivity index (χ1n) is 7.46. The summed E-state index contributed by atoms with van der Waals surface area (Å²) in [7, 11) is 0. The molecule has 2 aliphatic rings. The first-order chi connectivity index (χ1) is 8.74. The van der Waals surface area contributed by atoms with Gasteiger partial charge in [-0.3, -0.25) is 9.69 Å². The van der Waals surface area contributed by atoms with Crippen LogP contribution < -0.4 is 5.73 Å². The van der Waals surface area contributed by atoms with E-state index in [2.05, 4.69) is 16.7 Å². The summed E-state index contributed by atoms with van der Waals surface area (Å²) in [5, 5.41) is 0. The van der Waals surface area contributed by atoms with Crippen molar-refractivity contribution in [2.45, 2.75) is 45.1 Å². The second kappa shape index (κ2) is 6.53. The average molecular weight is 253 g/mol. The molecule has 0 bridgehead atoms. The van der Waals surface area contributed by atoms with Gasteiger partial charge in [-0.25, -0.2) is 0 Å². The number of amides is 1. The van der Waals surface area contributed by atoms with E-state index in [1.807, 2.05) is 0 Å². The van der Waals surface area contributed by atoms with E-state index in [1.165, 1.54) is 19.3 Å². The van der Waals surface area contributed by atoms with Crippen LogP contribution in [-0.4, -0.2) is 54.5 Å². The summed E-state index contributed by atoms with van der Waals surface area (Å²) < 4.78 is 0. The van der Waals surface area contributed by atoms with Crippen molar-refractivity contribution < 1.29 is 4.79 Å². The molecular formula is C14H27N3O. The van der Waals surface area contributed by atoms with Crippen LogP contribution in [0, 0.1) is 5.92 Å². The fourth-order valence-corrected chi connectivity index (χ4v) is 2.98. The molecule has 4 heteroatoms. The summed E-state index contributed by atoms with van der Waals surface area (Å²) in [4.78, 5) is 16.6. The number of carbonyl (C=O) groups excluding carboxylic acids is 1. The Labute approximate surface area is 110 Å². The number of carbonyl (C=O) groups is 1. The molecule has 2 fully saturated rings. The molecule has 0 aromatic carbocycles. The Kier molecular flexibility index (Phi) is 5.01. The molecule has 1 aliphatic carbocycles. The van der Waals surface area contributed by atoms with Gasteiger partial charge < -0.3 is 10.6 Å². The molecule has 0 spiro atoms. The van der Waals surface area contributed by atoms with Crippen LogP contribution >= 0.6 is 0 Å². The minimum Gasteiger partial charge on any atom is -0.340 e. The summed E-state index contributed by atoms with van der Waals surface area (Å²) >= 11 is 0. The summed E-state index contributed by atoms with van der Waals surface area (Å²) in [6, 6.07) is 0.494. The second-order valence-electron chi connectivity index (χ2n) is 5.72. The Bertz CT molecular complexity index is 266. The van der Waals surface area contributed by atoms with Crippen molar-refractivity contribution in [3.8, 4) is 0 Å². The summed E-state index contributed by atoms with van der Waals surface area (Å²) in [6.07, 6.45) is 5.73. The van der Waals surface area contributed by atoms with Crippen molar-refractivity contribution >= 4 is 5.91 Å². The Balaban J connectivity index is 1.73. The molecule has 104 valence electrons. The first-order valence-corrected chi connectivity index (χ1v) is 7.46. The van der Waals surface area contributed by atoms with E-state index in [0.717, 1.165) is 45.6 Å². The number of nitrogens with two attached hydrogens (primary N) is 1. The van der Waals surface area contributed by atoms with Crippen molar-refractivity contribution in [2.24, 2.45) is 11.7 Å². The van der Waals surface area contributed by atoms with Gasteiger partial charge in [0.05, 0.1) is 0 Å². The minimum atomic E-state index is 0.375. The van der Waals surface area contributed by atoms with Crippen LogP contribution in [0.2, 0.25) is 0 Å². The lowest BCUT2D eigenvalue weighted by Crippen LogP contribution is -2.53. The Morgan fingerprint density at radius 3 is 2.39 bits per heavy atom. The Morgan fingerprint density at radius 2 is 1.94 bits per heavy atom. The van der Waals surface area contributed by atoms with Gasteiger partial charge in [-0.1, -0.05) is 13.3 Å². The molecule has 0 aromatic heterocycles. The van der Waals surface area contributed by atoms with Crippen LogP contribution in [0.5, 0.6) is 0 Å². The summed E-state index contributed by atoms with van der Waals surface area (Å²) in [5.74, 6) is 1.06. The van der Waals surface area contributed by atoms with Crippen LogP contribution in [0.25, 0.3) is 0 Å². The Morgan fingerprint density at radius 1 is 1.28 bits per heavy atom. The summed E-state index contributed by atoms with van der Waals surface area (Å²) in [6.45, 7) is 6.68. The zero-order chi connectivity index (χ0) is 13.0. The highest BCUT2D eigenvalue weighted by Gasteiger charge is 2.27. The van der Waals surface area contributed by atoms with Gasteiger partial charge in [0.15, 0.2) is 0 Å². The number of nitrogens with zero attached hydrogens (tertiary/aromatic N) is 2. The molecule has 1 atom stereocenters. The molecular weight excluding hydrogens is 226 g/mol. The largest absolute Gasteiger partial charge is 0.340 e. The van der Waals surface area contributed by atoms with E-state index in [1.54, 1.807) is 0 Å². The second-order valence-corrected chi connectivity index (χ2v) is 5.72. The highest BCUT2D eigenvalue weighted by atomic mass is 16.2. The molecule has 1 amide bonds. The van der Waals surface area contributed by atoms with E-state index >= 15 is 0 Å². The van der Waals surface area contributed by atoms with Crippen molar-refractivity contribution in [2.75, 3.05) is 32.7 Å². The van der Waals surface area contributed by atoms with Gasteiger partial charge in [0.25, 0.3) is 0 Å². The lowest BCUT2D eigenvalue weighted by molar-refractivity contribution is -0.134. The van der Waals surface area contributed by atoms with E-state index in [4.69, 9.17) is 5.73 Å². The standard InChI is InChI=1S/C14H27N3O/c1-2-13(11-15)16-6-8-17(9-7-16)14(18)10-12-4-3-5-12/h12-13H,2-11,15H2,1H3. The van der Waals surface area contributed by atoms with Gasteiger partial charge in [-0.15, -0.1) is 0 Å². The van der Waals surface area contributed by atoms with Gasteiger partial charge in [-0.2, -0.15) is 0 Å².